The third kappa shape index (κ3) is 1.93. The molecule has 1 heterocycles. The number of hydrogen-bond acceptors (Lipinski definition) is 1. The van der Waals surface area contributed by atoms with Gasteiger partial charge in [-0.15, -0.1) is 0 Å². The molecule has 0 N–H and O–H groups in total. The van der Waals surface area contributed by atoms with Crippen LogP contribution in [0.15, 0.2) is 48.5 Å². The normalized spacial score (nSPS) is 16.0. The smallest absolute Gasteiger partial charge is 0.258 e. The van der Waals surface area contributed by atoms with E-state index in [4.69, 9.17) is 0 Å². The van der Waals surface area contributed by atoms with Crippen molar-refractivity contribution >= 4 is 23.2 Å². The molecule has 0 spiro atoms. The molecule has 3 rings (SSSR count). The number of halogens is 1. The zero-order valence-corrected chi connectivity index (χ0v) is 10.4. The summed E-state index contributed by atoms with van der Waals surface area (Å²) in [6.45, 7) is 0. The molecule has 19 heavy (non-hydrogen) atoms. The van der Waals surface area contributed by atoms with Crippen molar-refractivity contribution in [1.29, 1.82) is 0 Å². The van der Waals surface area contributed by atoms with Crippen molar-refractivity contribution in [1.82, 2.24) is 0 Å². The van der Waals surface area contributed by atoms with Crippen molar-refractivity contribution in [2.45, 2.75) is 0 Å². The van der Waals surface area contributed by atoms with Crippen LogP contribution in [0.5, 0.6) is 0 Å². The van der Waals surface area contributed by atoms with Crippen LogP contribution in [0.2, 0.25) is 0 Å². The van der Waals surface area contributed by atoms with E-state index in [2.05, 4.69) is 0 Å². The van der Waals surface area contributed by atoms with Crippen LogP contribution in [0.3, 0.4) is 0 Å². The van der Waals surface area contributed by atoms with Gasteiger partial charge in [0, 0.05) is 18.2 Å². The van der Waals surface area contributed by atoms with Crippen molar-refractivity contribution in [2.24, 2.45) is 0 Å². The molecule has 0 bridgehead atoms. The van der Waals surface area contributed by atoms with Crippen LogP contribution in [0.1, 0.15) is 11.1 Å². The Labute approximate surface area is 110 Å². The fourth-order valence-corrected chi connectivity index (χ4v) is 2.28. The van der Waals surface area contributed by atoms with Gasteiger partial charge in [0.05, 0.1) is 5.69 Å². The first-order valence-corrected chi connectivity index (χ1v) is 6.01. The van der Waals surface area contributed by atoms with Crippen molar-refractivity contribution in [2.75, 3.05) is 11.9 Å². The zero-order chi connectivity index (χ0) is 13.4. The van der Waals surface area contributed by atoms with Gasteiger partial charge in [0.2, 0.25) is 0 Å². The van der Waals surface area contributed by atoms with E-state index in [1.165, 1.54) is 12.1 Å². The lowest BCUT2D eigenvalue weighted by Gasteiger charge is -2.08. The predicted octanol–water partition coefficient (Wildman–Crippen LogP) is 3.34. The summed E-state index contributed by atoms with van der Waals surface area (Å²) in [7, 11) is 1.70. The lowest BCUT2D eigenvalue weighted by Crippen LogP contribution is -2.20. The molecule has 0 fully saturated rings. The first-order chi connectivity index (χ1) is 9.16. The Balaban J connectivity index is 2.16. The number of rotatable bonds is 1. The van der Waals surface area contributed by atoms with Crippen LogP contribution in [-0.2, 0) is 4.79 Å². The summed E-state index contributed by atoms with van der Waals surface area (Å²) < 4.78 is 13.4. The molecule has 2 aromatic rings. The highest BCUT2D eigenvalue weighted by atomic mass is 19.1. The molecule has 0 atom stereocenters. The van der Waals surface area contributed by atoms with Gasteiger partial charge in [-0.05, 0) is 29.8 Å². The molecule has 1 aliphatic heterocycles. The number of amides is 1. The molecule has 0 aromatic heterocycles. The highest BCUT2D eigenvalue weighted by Gasteiger charge is 2.29. The zero-order valence-electron chi connectivity index (χ0n) is 10.4. The second-order valence-electron chi connectivity index (χ2n) is 4.49. The van der Waals surface area contributed by atoms with Crippen LogP contribution in [-0.4, -0.2) is 13.0 Å². The van der Waals surface area contributed by atoms with Crippen LogP contribution < -0.4 is 4.90 Å². The van der Waals surface area contributed by atoms with E-state index in [-0.39, 0.29) is 11.7 Å². The predicted molar refractivity (Wildman–Crippen MR) is 74.1 cm³/mol. The molecule has 1 aliphatic rings. The minimum Gasteiger partial charge on any atom is -0.311 e. The van der Waals surface area contributed by atoms with Gasteiger partial charge in [-0.25, -0.2) is 4.39 Å². The van der Waals surface area contributed by atoms with Crippen molar-refractivity contribution < 1.29 is 9.18 Å². The summed E-state index contributed by atoms with van der Waals surface area (Å²) in [5.74, 6) is -0.440. The lowest BCUT2D eigenvalue weighted by molar-refractivity contribution is -0.112. The molecular weight excluding hydrogens is 241 g/mol. The number of likely N-dealkylation sites (N-methyl/N-ethyl adjacent to an activating group) is 1. The second-order valence-corrected chi connectivity index (χ2v) is 4.49. The number of carbonyl (C=O) groups is 1. The Kier molecular flexibility index (Phi) is 2.67. The van der Waals surface area contributed by atoms with Crippen LogP contribution in [0.25, 0.3) is 11.6 Å². The molecule has 3 heteroatoms. The van der Waals surface area contributed by atoms with Gasteiger partial charge in [-0.3, -0.25) is 4.79 Å². The highest BCUT2D eigenvalue weighted by Crippen LogP contribution is 2.37. The molecule has 94 valence electrons. The van der Waals surface area contributed by atoms with Gasteiger partial charge < -0.3 is 4.90 Å². The SMILES string of the molecule is CN1C(=O)/C(=C\c2ccccc2)c2cc(F)ccc21. The Morgan fingerprint density at radius 2 is 1.84 bits per heavy atom. The average Bonchev–Trinajstić information content (AvgIpc) is 2.65. The monoisotopic (exact) mass is 253 g/mol. The summed E-state index contributed by atoms with van der Waals surface area (Å²) in [6, 6.07) is 14.0. The van der Waals surface area contributed by atoms with E-state index < -0.39 is 0 Å². The Morgan fingerprint density at radius 1 is 1.11 bits per heavy atom. The van der Waals surface area contributed by atoms with Crippen molar-refractivity contribution in [3.63, 3.8) is 0 Å². The Morgan fingerprint density at radius 3 is 2.58 bits per heavy atom. The molecule has 2 aromatic carbocycles. The summed E-state index contributed by atoms with van der Waals surface area (Å²) in [5.41, 5.74) is 2.85. The Hall–Kier alpha value is -2.42. The number of anilines is 1. The topological polar surface area (TPSA) is 20.3 Å². The van der Waals surface area contributed by atoms with E-state index in [0.29, 0.717) is 11.1 Å². The molecule has 0 saturated carbocycles. The Bertz CT molecular complexity index is 676. The van der Waals surface area contributed by atoms with E-state index in [1.54, 1.807) is 24.1 Å². The maximum absolute atomic E-state index is 13.4. The summed E-state index contributed by atoms with van der Waals surface area (Å²) in [6.07, 6.45) is 1.80. The van der Waals surface area contributed by atoms with Crippen molar-refractivity contribution in [3.8, 4) is 0 Å². The first kappa shape index (κ1) is 11.7. The quantitative estimate of drug-likeness (QED) is 0.714. The lowest BCUT2D eigenvalue weighted by atomic mass is 10.0. The number of nitrogens with zero attached hydrogens (tertiary/aromatic N) is 1. The molecule has 0 aliphatic carbocycles. The van der Waals surface area contributed by atoms with E-state index >= 15 is 0 Å². The highest BCUT2D eigenvalue weighted by molar-refractivity contribution is 6.35. The number of benzene rings is 2. The van der Waals surface area contributed by atoms with Crippen LogP contribution >= 0.6 is 0 Å². The third-order valence-electron chi connectivity index (χ3n) is 3.26. The van der Waals surface area contributed by atoms with E-state index in [0.717, 1.165) is 11.3 Å². The molecule has 0 unspecified atom stereocenters. The van der Waals surface area contributed by atoms with Gasteiger partial charge in [0.15, 0.2) is 0 Å². The summed E-state index contributed by atoms with van der Waals surface area (Å²) >= 11 is 0. The molecular formula is C16H12FNO. The maximum atomic E-state index is 13.4. The van der Waals surface area contributed by atoms with Crippen molar-refractivity contribution in [3.05, 3.63) is 65.5 Å². The maximum Gasteiger partial charge on any atom is 0.258 e. The first-order valence-electron chi connectivity index (χ1n) is 6.01. The minimum absolute atomic E-state index is 0.107. The molecule has 2 nitrogen and oxygen atoms in total. The van der Waals surface area contributed by atoms with Gasteiger partial charge in [0.1, 0.15) is 5.82 Å². The van der Waals surface area contributed by atoms with Gasteiger partial charge >= 0.3 is 0 Å². The van der Waals surface area contributed by atoms with E-state index in [9.17, 15) is 9.18 Å². The summed E-state index contributed by atoms with van der Waals surface area (Å²) in [5, 5.41) is 0. The molecule has 0 saturated heterocycles. The van der Waals surface area contributed by atoms with Gasteiger partial charge in [-0.2, -0.15) is 0 Å². The summed E-state index contributed by atoms with van der Waals surface area (Å²) in [4.78, 5) is 13.8. The number of hydrogen-bond donors (Lipinski definition) is 0. The fraction of sp³-hybridized carbons (Fsp3) is 0.0625. The second kappa shape index (κ2) is 4.35. The standard InChI is InChI=1S/C16H12FNO/c1-18-15-8-7-12(17)10-13(15)14(16(18)19)9-11-5-3-2-4-6-11/h2-10H,1H3/b14-9-. The van der Waals surface area contributed by atoms with Gasteiger partial charge in [0.25, 0.3) is 5.91 Å². The minimum atomic E-state index is -0.333. The average molecular weight is 253 g/mol. The third-order valence-corrected chi connectivity index (χ3v) is 3.26. The number of fused-ring (bicyclic) bond motifs is 1. The van der Waals surface area contributed by atoms with E-state index in [1.807, 2.05) is 30.3 Å². The molecule has 1 amide bonds. The molecule has 0 radical (unpaired) electrons. The fourth-order valence-electron chi connectivity index (χ4n) is 2.28. The van der Waals surface area contributed by atoms with Crippen LogP contribution in [0, 0.1) is 5.82 Å². The number of carbonyl (C=O) groups excluding carboxylic acids is 1. The van der Waals surface area contributed by atoms with Crippen LogP contribution in [0.4, 0.5) is 10.1 Å². The largest absolute Gasteiger partial charge is 0.311 e. The van der Waals surface area contributed by atoms with Gasteiger partial charge in [-0.1, -0.05) is 30.3 Å².